The van der Waals surface area contributed by atoms with E-state index in [1.807, 2.05) is 0 Å². The van der Waals surface area contributed by atoms with E-state index in [4.69, 9.17) is 10.5 Å². The molecular formula is C17H19N3O4S. The minimum Gasteiger partial charge on any atom is -0.497 e. The lowest BCUT2D eigenvalue weighted by Crippen LogP contribution is -2.33. The Morgan fingerprint density at radius 3 is 2.44 bits per heavy atom. The number of anilines is 1. The highest BCUT2D eigenvalue weighted by atomic mass is 32.2. The van der Waals surface area contributed by atoms with Crippen molar-refractivity contribution in [2.45, 2.75) is 13.1 Å². The molecule has 1 heterocycles. The fraction of sp³-hybridized carbons (Fsp3) is 0.176. The summed E-state index contributed by atoms with van der Waals surface area (Å²) in [5, 5.41) is 10.1. The van der Waals surface area contributed by atoms with E-state index in [1.165, 1.54) is 6.20 Å². The van der Waals surface area contributed by atoms with Gasteiger partial charge in [-0.1, -0.05) is 24.3 Å². The molecule has 132 valence electrons. The van der Waals surface area contributed by atoms with Crippen molar-refractivity contribution in [1.29, 1.82) is 0 Å². The number of nitrogens with zero attached hydrogens (tertiary/aromatic N) is 2. The van der Waals surface area contributed by atoms with E-state index in [2.05, 4.69) is 0 Å². The average Bonchev–Trinajstić information content (AvgIpc) is 2.79. The van der Waals surface area contributed by atoms with Gasteiger partial charge in [0.1, 0.15) is 5.75 Å². The maximum Gasteiger partial charge on any atom is 0.329 e. The highest BCUT2D eigenvalue weighted by Crippen LogP contribution is 2.27. The Labute approximate surface area is 146 Å². The van der Waals surface area contributed by atoms with Gasteiger partial charge in [-0.25, -0.2) is 4.31 Å². The van der Waals surface area contributed by atoms with Crippen molar-refractivity contribution in [2.24, 2.45) is 0 Å². The van der Waals surface area contributed by atoms with Crippen LogP contribution in [0.25, 0.3) is 0 Å². The normalized spacial score (nSPS) is 16.0. The third kappa shape index (κ3) is 3.48. The summed E-state index contributed by atoms with van der Waals surface area (Å²) in [5.41, 5.74) is 7.75. The van der Waals surface area contributed by atoms with Crippen molar-refractivity contribution < 1.29 is 18.3 Å². The summed E-state index contributed by atoms with van der Waals surface area (Å²) >= 11 is 0. The Kier molecular flexibility index (Phi) is 4.45. The number of benzene rings is 2. The molecule has 8 heteroatoms. The summed E-state index contributed by atoms with van der Waals surface area (Å²) in [6, 6.07) is 13.9. The number of hydrogen-bond acceptors (Lipinski definition) is 5. The first-order valence-corrected chi connectivity index (χ1v) is 8.97. The third-order valence-electron chi connectivity index (χ3n) is 3.86. The van der Waals surface area contributed by atoms with Gasteiger partial charge in [-0.05, 0) is 35.4 Å². The number of nitrogen functional groups attached to an aromatic ring is 1. The maximum absolute atomic E-state index is 12.7. The van der Waals surface area contributed by atoms with Gasteiger partial charge in [-0.15, -0.1) is 0 Å². The highest BCUT2D eigenvalue weighted by molar-refractivity contribution is 7.87. The fourth-order valence-corrected chi connectivity index (χ4v) is 3.95. The smallest absolute Gasteiger partial charge is 0.329 e. The van der Waals surface area contributed by atoms with Crippen LogP contribution >= 0.6 is 0 Å². The summed E-state index contributed by atoms with van der Waals surface area (Å²) < 4.78 is 32.5. The zero-order valence-corrected chi connectivity index (χ0v) is 14.5. The molecule has 0 saturated carbocycles. The molecule has 0 saturated heterocycles. The van der Waals surface area contributed by atoms with Crippen LogP contribution in [0.4, 0.5) is 5.69 Å². The molecule has 0 radical (unpaired) electrons. The second-order valence-electron chi connectivity index (χ2n) is 5.64. The summed E-state index contributed by atoms with van der Waals surface area (Å²) in [4.78, 5) is 0. The predicted octanol–water partition coefficient (Wildman–Crippen LogP) is 2.20. The number of methoxy groups -OCH3 is 1. The van der Waals surface area contributed by atoms with Crippen LogP contribution < -0.4 is 10.5 Å². The lowest BCUT2D eigenvalue weighted by atomic mass is 10.2. The van der Waals surface area contributed by atoms with E-state index in [0.717, 1.165) is 19.7 Å². The van der Waals surface area contributed by atoms with Crippen LogP contribution in [0.15, 0.2) is 60.6 Å². The van der Waals surface area contributed by atoms with Gasteiger partial charge in [0, 0.05) is 5.69 Å². The van der Waals surface area contributed by atoms with Crippen LogP contribution in [0.3, 0.4) is 0 Å². The molecular weight excluding hydrogens is 342 g/mol. The topological polar surface area (TPSA) is 96.1 Å². The molecule has 0 aliphatic carbocycles. The zero-order chi connectivity index (χ0) is 18.0. The molecule has 0 unspecified atom stereocenters. The monoisotopic (exact) mass is 361 g/mol. The molecule has 0 atom stereocenters. The maximum atomic E-state index is 12.7. The number of nitrogens with two attached hydrogens (primary N) is 1. The second-order valence-corrected chi connectivity index (χ2v) is 7.45. The van der Waals surface area contributed by atoms with E-state index < -0.39 is 10.2 Å². The molecule has 25 heavy (non-hydrogen) atoms. The van der Waals surface area contributed by atoms with Crippen LogP contribution in [0.1, 0.15) is 11.1 Å². The second kappa shape index (κ2) is 6.56. The average molecular weight is 361 g/mol. The van der Waals surface area contributed by atoms with Crippen LogP contribution in [0.2, 0.25) is 0 Å². The molecule has 1 aliphatic rings. The fourth-order valence-electron chi connectivity index (χ4n) is 2.56. The van der Waals surface area contributed by atoms with E-state index in [9.17, 15) is 13.5 Å². The highest BCUT2D eigenvalue weighted by Gasteiger charge is 2.36. The van der Waals surface area contributed by atoms with Crippen LogP contribution in [0, 0.1) is 0 Å². The SMILES string of the molecule is COc1ccc(CN2C(O)=CN(Cc3cccc(N)c3)S2(=O)=O)cc1. The van der Waals surface area contributed by atoms with Crippen LogP contribution in [-0.2, 0) is 23.3 Å². The Morgan fingerprint density at radius 1 is 1.08 bits per heavy atom. The number of rotatable bonds is 5. The standard InChI is InChI=1S/C17H19N3O4S/c1-24-16-7-5-13(6-8-16)11-20-17(21)12-19(25(20,22)23)10-14-3-2-4-15(18)9-14/h2-9,12,21H,10-11,18H2,1H3. The molecule has 7 nitrogen and oxygen atoms in total. The van der Waals surface area contributed by atoms with E-state index in [1.54, 1.807) is 55.6 Å². The van der Waals surface area contributed by atoms with Gasteiger partial charge in [0.25, 0.3) is 0 Å². The minimum absolute atomic E-state index is 0.0299. The predicted molar refractivity (Wildman–Crippen MR) is 94.6 cm³/mol. The minimum atomic E-state index is -3.85. The number of ether oxygens (including phenoxy) is 1. The molecule has 2 aromatic carbocycles. The molecule has 1 aliphatic heterocycles. The Hall–Kier alpha value is -2.87. The van der Waals surface area contributed by atoms with Gasteiger partial charge < -0.3 is 15.6 Å². The van der Waals surface area contributed by atoms with Crippen molar-refractivity contribution in [2.75, 3.05) is 12.8 Å². The van der Waals surface area contributed by atoms with Crippen molar-refractivity contribution >= 4 is 15.9 Å². The van der Waals surface area contributed by atoms with Crippen molar-refractivity contribution in [3.05, 3.63) is 71.7 Å². The Bertz CT molecular complexity index is 894. The quantitative estimate of drug-likeness (QED) is 0.796. The van der Waals surface area contributed by atoms with Crippen molar-refractivity contribution in [3.63, 3.8) is 0 Å². The van der Waals surface area contributed by atoms with Gasteiger partial charge in [0.05, 0.1) is 26.4 Å². The van der Waals surface area contributed by atoms with Crippen molar-refractivity contribution in [3.8, 4) is 5.75 Å². The van der Waals surface area contributed by atoms with Crippen molar-refractivity contribution in [1.82, 2.24) is 8.61 Å². The first kappa shape index (κ1) is 17.0. The molecule has 0 amide bonds. The molecule has 0 spiro atoms. The summed E-state index contributed by atoms with van der Waals surface area (Å²) in [6.07, 6.45) is 1.21. The number of aliphatic hydroxyl groups is 1. The lowest BCUT2D eigenvalue weighted by Gasteiger charge is -2.22. The Balaban J connectivity index is 1.79. The lowest BCUT2D eigenvalue weighted by molar-refractivity contribution is 0.284. The summed E-state index contributed by atoms with van der Waals surface area (Å²) in [5.74, 6) is 0.357. The molecule has 2 aromatic rings. The van der Waals surface area contributed by atoms with Gasteiger partial charge in [-0.2, -0.15) is 8.42 Å². The largest absolute Gasteiger partial charge is 0.497 e. The third-order valence-corrected chi connectivity index (χ3v) is 5.56. The number of aliphatic hydroxyl groups excluding tert-OH is 1. The van der Waals surface area contributed by atoms with Gasteiger partial charge in [-0.3, -0.25) is 4.31 Å². The molecule has 3 N–H and O–H groups in total. The van der Waals surface area contributed by atoms with E-state index in [-0.39, 0.29) is 19.0 Å². The first-order chi connectivity index (χ1) is 11.9. The first-order valence-electron chi connectivity index (χ1n) is 7.58. The molecule has 0 aromatic heterocycles. The molecule has 3 rings (SSSR count). The molecule has 0 bridgehead atoms. The van der Waals surface area contributed by atoms with Gasteiger partial charge >= 0.3 is 10.2 Å². The van der Waals surface area contributed by atoms with E-state index >= 15 is 0 Å². The summed E-state index contributed by atoms with van der Waals surface area (Å²) in [6.45, 7) is 0.124. The van der Waals surface area contributed by atoms with Crippen LogP contribution in [0.5, 0.6) is 5.75 Å². The van der Waals surface area contributed by atoms with E-state index in [0.29, 0.717) is 11.4 Å². The zero-order valence-electron chi connectivity index (χ0n) is 13.7. The van der Waals surface area contributed by atoms with Gasteiger partial charge in [0.15, 0.2) is 0 Å². The Morgan fingerprint density at radius 2 is 1.80 bits per heavy atom. The van der Waals surface area contributed by atoms with Gasteiger partial charge in [0.2, 0.25) is 5.88 Å². The molecule has 0 fully saturated rings. The van der Waals surface area contributed by atoms with Crippen LogP contribution in [-0.4, -0.2) is 29.2 Å². The number of hydrogen-bond donors (Lipinski definition) is 2. The summed E-state index contributed by atoms with van der Waals surface area (Å²) in [7, 11) is -2.29.